The Morgan fingerprint density at radius 1 is 0.974 bits per heavy atom. The van der Waals surface area contributed by atoms with Gasteiger partial charge in [0.1, 0.15) is 6.17 Å². The zero-order valence-corrected chi connectivity index (χ0v) is 21.9. The van der Waals surface area contributed by atoms with Crippen molar-refractivity contribution < 1.29 is 14.3 Å². The molecule has 38 heavy (non-hydrogen) atoms. The molecule has 0 spiro atoms. The minimum atomic E-state index is -0.289. The van der Waals surface area contributed by atoms with Crippen LogP contribution in [0.2, 0.25) is 0 Å². The molecule has 0 bridgehead atoms. The number of methoxy groups -OCH3 is 1. The topological polar surface area (TPSA) is 73.9 Å². The smallest absolute Gasteiger partial charge is 0.256 e. The van der Waals surface area contributed by atoms with Crippen molar-refractivity contribution in [3.63, 3.8) is 0 Å². The second kappa shape index (κ2) is 12.2. The molecule has 198 valence electrons. The lowest BCUT2D eigenvalue weighted by Crippen LogP contribution is -2.44. The summed E-state index contributed by atoms with van der Waals surface area (Å²) in [5.41, 5.74) is 4.41. The molecule has 7 heteroatoms. The van der Waals surface area contributed by atoms with Crippen molar-refractivity contribution in [3.05, 3.63) is 101 Å². The van der Waals surface area contributed by atoms with Gasteiger partial charge in [0.25, 0.3) is 11.8 Å². The van der Waals surface area contributed by atoms with E-state index in [0.29, 0.717) is 18.7 Å². The van der Waals surface area contributed by atoms with Crippen LogP contribution in [0.3, 0.4) is 0 Å². The highest BCUT2D eigenvalue weighted by molar-refractivity contribution is 5.99. The predicted molar refractivity (Wildman–Crippen MR) is 149 cm³/mol. The minimum absolute atomic E-state index is 0.0155. The molecule has 0 aromatic heterocycles. The molecule has 3 aromatic rings. The quantitative estimate of drug-likeness (QED) is 0.386. The van der Waals surface area contributed by atoms with E-state index < -0.39 is 0 Å². The molecule has 2 aliphatic rings. The van der Waals surface area contributed by atoms with E-state index in [1.807, 2.05) is 59.5 Å². The fourth-order valence-corrected chi connectivity index (χ4v) is 5.39. The van der Waals surface area contributed by atoms with Crippen LogP contribution in [-0.2, 0) is 11.3 Å². The van der Waals surface area contributed by atoms with E-state index in [-0.39, 0.29) is 24.0 Å². The summed E-state index contributed by atoms with van der Waals surface area (Å²) in [6, 6.07) is 25.9. The lowest BCUT2D eigenvalue weighted by molar-refractivity contribution is 0.0721. The molecule has 5 rings (SSSR count). The SMILES string of the molecule is COCCCN1C(=O)c2ccccc2C1Nc1cccc(C(=O)NC2CCN(Cc3ccccc3)CC2)c1. The van der Waals surface area contributed by atoms with Gasteiger partial charge in [0.05, 0.1) is 0 Å². The monoisotopic (exact) mass is 512 g/mol. The first-order valence-electron chi connectivity index (χ1n) is 13.4. The molecule has 1 fully saturated rings. The Morgan fingerprint density at radius 3 is 2.53 bits per heavy atom. The summed E-state index contributed by atoms with van der Waals surface area (Å²) in [7, 11) is 1.67. The van der Waals surface area contributed by atoms with Gasteiger partial charge in [-0.15, -0.1) is 0 Å². The van der Waals surface area contributed by atoms with Gasteiger partial charge < -0.3 is 20.3 Å². The molecular formula is C31H36N4O3. The number of carbonyl (C=O) groups excluding carboxylic acids is 2. The maximum Gasteiger partial charge on any atom is 0.256 e. The van der Waals surface area contributed by atoms with Gasteiger partial charge >= 0.3 is 0 Å². The lowest BCUT2D eigenvalue weighted by atomic mass is 10.0. The van der Waals surface area contributed by atoms with E-state index in [1.54, 1.807) is 7.11 Å². The van der Waals surface area contributed by atoms with Gasteiger partial charge in [-0.05, 0) is 49.1 Å². The largest absolute Gasteiger partial charge is 0.385 e. The van der Waals surface area contributed by atoms with Gasteiger partial charge in [0.2, 0.25) is 0 Å². The molecule has 2 heterocycles. The molecule has 3 aromatic carbocycles. The van der Waals surface area contributed by atoms with E-state index in [9.17, 15) is 9.59 Å². The summed E-state index contributed by atoms with van der Waals surface area (Å²) in [5.74, 6) is -0.0447. The van der Waals surface area contributed by atoms with Crippen LogP contribution in [0.25, 0.3) is 0 Å². The van der Waals surface area contributed by atoms with Crippen LogP contribution in [0, 0.1) is 0 Å². The Balaban J connectivity index is 1.20. The standard InChI is InChI=1S/C31H36N4O3/c1-38-20-8-17-35-29(27-13-5-6-14-28(27)31(35)37)32-26-12-7-11-24(21-26)30(36)33-25-15-18-34(19-16-25)22-23-9-3-2-4-10-23/h2-7,9-14,21,25,29,32H,8,15-20,22H2,1H3,(H,33,36). The molecule has 0 aliphatic carbocycles. The van der Waals surface area contributed by atoms with Gasteiger partial charge in [-0.3, -0.25) is 14.5 Å². The average Bonchev–Trinajstić information content (AvgIpc) is 3.21. The summed E-state index contributed by atoms with van der Waals surface area (Å²) in [4.78, 5) is 30.5. The Labute approximate surface area is 224 Å². The van der Waals surface area contributed by atoms with Crippen LogP contribution in [-0.4, -0.2) is 61.0 Å². The highest BCUT2D eigenvalue weighted by Crippen LogP contribution is 2.34. The zero-order chi connectivity index (χ0) is 26.3. The number of likely N-dealkylation sites (tertiary alicyclic amines) is 1. The Bertz CT molecular complexity index is 1240. The van der Waals surface area contributed by atoms with E-state index in [0.717, 1.165) is 55.7 Å². The number of amides is 2. The van der Waals surface area contributed by atoms with E-state index in [2.05, 4.69) is 39.8 Å². The average molecular weight is 513 g/mol. The number of carbonyl (C=O) groups is 2. The molecule has 1 unspecified atom stereocenters. The maximum atomic E-state index is 13.1. The van der Waals surface area contributed by atoms with E-state index >= 15 is 0 Å². The first-order valence-corrected chi connectivity index (χ1v) is 13.4. The van der Waals surface area contributed by atoms with E-state index in [4.69, 9.17) is 4.74 Å². The number of rotatable bonds is 10. The van der Waals surface area contributed by atoms with Gasteiger partial charge in [-0.2, -0.15) is 0 Å². The Kier molecular flexibility index (Phi) is 8.36. The number of ether oxygens (including phenoxy) is 1. The number of piperidine rings is 1. The molecule has 1 atom stereocenters. The van der Waals surface area contributed by atoms with Crippen molar-refractivity contribution in [1.29, 1.82) is 0 Å². The third kappa shape index (κ3) is 6.06. The second-order valence-corrected chi connectivity index (χ2v) is 10.1. The van der Waals surface area contributed by atoms with Crippen molar-refractivity contribution in [2.75, 3.05) is 38.7 Å². The van der Waals surface area contributed by atoms with Crippen LogP contribution in [0.4, 0.5) is 5.69 Å². The van der Waals surface area contributed by atoms with Crippen LogP contribution >= 0.6 is 0 Å². The van der Waals surface area contributed by atoms with Crippen LogP contribution in [0.1, 0.15) is 57.3 Å². The third-order valence-corrected chi connectivity index (χ3v) is 7.41. The van der Waals surface area contributed by atoms with Gasteiger partial charge in [-0.25, -0.2) is 0 Å². The molecular weight excluding hydrogens is 476 g/mol. The molecule has 1 saturated heterocycles. The Morgan fingerprint density at radius 2 is 1.74 bits per heavy atom. The fourth-order valence-electron chi connectivity index (χ4n) is 5.39. The normalized spacial score (nSPS) is 17.9. The first-order chi connectivity index (χ1) is 18.6. The number of nitrogens with one attached hydrogen (secondary N) is 2. The van der Waals surface area contributed by atoms with E-state index in [1.165, 1.54) is 5.56 Å². The lowest BCUT2D eigenvalue weighted by Gasteiger charge is -2.32. The minimum Gasteiger partial charge on any atom is -0.385 e. The number of benzene rings is 3. The number of hydrogen-bond donors (Lipinski definition) is 2. The summed E-state index contributed by atoms with van der Waals surface area (Å²) < 4.78 is 5.20. The Hall–Kier alpha value is -3.68. The number of anilines is 1. The number of nitrogens with zero attached hydrogens (tertiary/aromatic N) is 2. The highest BCUT2D eigenvalue weighted by atomic mass is 16.5. The van der Waals surface area contributed by atoms with Crippen LogP contribution < -0.4 is 10.6 Å². The van der Waals surface area contributed by atoms with Crippen molar-refractivity contribution in [2.45, 2.75) is 38.0 Å². The van der Waals surface area contributed by atoms with Crippen molar-refractivity contribution >= 4 is 17.5 Å². The summed E-state index contributed by atoms with van der Waals surface area (Å²) >= 11 is 0. The van der Waals surface area contributed by atoms with Gasteiger partial charge in [0, 0.05) is 68.3 Å². The fraction of sp³-hybridized carbons (Fsp3) is 0.355. The summed E-state index contributed by atoms with van der Waals surface area (Å²) in [5, 5.41) is 6.74. The molecule has 2 amide bonds. The first kappa shape index (κ1) is 25.9. The molecule has 7 nitrogen and oxygen atoms in total. The summed E-state index contributed by atoms with van der Waals surface area (Å²) in [6.07, 6.45) is 2.34. The van der Waals surface area contributed by atoms with Crippen LogP contribution in [0.5, 0.6) is 0 Å². The molecule has 2 N–H and O–H groups in total. The summed E-state index contributed by atoms with van der Waals surface area (Å²) in [6.45, 7) is 4.06. The van der Waals surface area contributed by atoms with Crippen molar-refractivity contribution in [1.82, 2.24) is 15.1 Å². The number of hydrogen-bond acceptors (Lipinski definition) is 5. The van der Waals surface area contributed by atoms with Gasteiger partial charge in [-0.1, -0.05) is 54.6 Å². The third-order valence-electron chi connectivity index (χ3n) is 7.41. The van der Waals surface area contributed by atoms with Crippen LogP contribution in [0.15, 0.2) is 78.9 Å². The zero-order valence-electron chi connectivity index (χ0n) is 21.9. The predicted octanol–water partition coefficient (Wildman–Crippen LogP) is 4.68. The number of fused-ring (bicyclic) bond motifs is 1. The van der Waals surface area contributed by atoms with Crippen molar-refractivity contribution in [3.8, 4) is 0 Å². The van der Waals surface area contributed by atoms with Gasteiger partial charge in [0.15, 0.2) is 0 Å². The van der Waals surface area contributed by atoms with Crippen molar-refractivity contribution in [2.24, 2.45) is 0 Å². The molecule has 0 saturated carbocycles. The second-order valence-electron chi connectivity index (χ2n) is 10.1. The highest BCUT2D eigenvalue weighted by Gasteiger charge is 2.36. The molecule has 2 aliphatic heterocycles. The molecule has 0 radical (unpaired) electrons. The maximum absolute atomic E-state index is 13.1.